The molecule has 40 nitrogen and oxygen atoms in total. The van der Waals surface area contributed by atoms with Gasteiger partial charge in [0.15, 0.2) is 17.9 Å². The molecule has 0 bridgehead atoms. The van der Waals surface area contributed by atoms with Crippen molar-refractivity contribution in [1.82, 2.24) is 57.8 Å². The summed E-state index contributed by atoms with van der Waals surface area (Å²) < 4.78 is 0. The minimum absolute atomic E-state index is 0.0337. The van der Waals surface area contributed by atoms with Gasteiger partial charge in [0, 0.05) is 50.1 Å². The van der Waals surface area contributed by atoms with Gasteiger partial charge in [0.25, 0.3) is 0 Å². The van der Waals surface area contributed by atoms with Crippen molar-refractivity contribution in [2.75, 3.05) is 31.9 Å². The highest BCUT2D eigenvalue weighted by molar-refractivity contribution is 7.80. The lowest BCUT2D eigenvalue weighted by Gasteiger charge is -2.28. The quantitative estimate of drug-likeness (QED) is 0.0125. The minimum atomic E-state index is -2.11. The summed E-state index contributed by atoms with van der Waals surface area (Å²) >= 11 is 4.20. The van der Waals surface area contributed by atoms with Gasteiger partial charge in [0.1, 0.15) is 54.4 Å². The second kappa shape index (κ2) is 42.3. The van der Waals surface area contributed by atoms with Gasteiger partial charge >= 0.3 is 11.9 Å². The molecule has 0 saturated carbocycles. The van der Waals surface area contributed by atoms with Gasteiger partial charge in [0.05, 0.1) is 31.3 Å². The van der Waals surface area contributed by atoms with Crippen LogP contribution in [0.25, 0.3) is 0 Å². The first kappa shape index (κ1) is 79.4. The van der Waals surface area contributed by atoms with Gasteiger partial charge in [-0.3, -0.25) is 72.5 Å². The van der Waals surface area contributed by atoms with E-state index in [1.807, 2.05) is 0 Å². The van der Waals surface area contributed by atoms with E-state index in [1.54, 1.807) is 0 Å². The van der Waals surface area contributed by atoms with Crippen LogP contribution in [0.1, 0.15) is 96.1 Å². The molecular weight excluding hydrogens is 1220 g/mol. The Balaban J connectivity index is 3.64. The number of aliphatic hydroxyl groups excluding tert-OH is 1. The Morgan fingerprint density at radius 1 is 0.505 bits per heavy atom. The van der Waals surface area contributed by atoms with E-state index in [0.717, 1.165) is 6.92 Å². The number of nitrogens with zero attached hydrogens (tertiary/aromatic N) is 4. The Morgan fingerprint density at radius 2 is 0.912 bits per heavy atom. The zero-order chi connectivity index (χ0) is 68.9. The van der Waals surface area contributed by atoms with Crippen molar-refractivity contribution in [2.24, 2.45) is 72.3 Å². The Morgan fingerprint density at radius 3 is 1.32 bits per heavy atom. The molecule has 1 aromatic rings. The fourth-order valence-corrected chi connectivity index (χ4v) is 8.41. The van der Waals surface area contributed by atoms with Gasteiger partial charge in [0.2, 0.25) is 65.0 Å². The highest BCUT2D eigenvalue weighted by atomic mass is 32.1. The molecular formula is C50H88N24O16S. The van der Waals surface area contributed by atoms with E-state index in [1.165, 1.54) is 12.5 Å². The number of unbranched alkanes of at least 4 members (excludes halogenated alkanes) is 1. The van der Waals surface area contributed by atoms with Crippen molar-refractivity contribution in [3.63, 3.8) is 0 Å². The van der Waals surface area contributed by atoms with E-state index in [-0.39, 0.29) is 82.5 Å². The van der Waals surface area contributed by atoms with Crippen LogP contribution in [0.15, 0.2) is 27.5 Å². The second-order valence-electron chi connectivity index (χ2n) is 20.5. The maximum atomic E-state index is 14.3. The summed E-state index contributed by atoms with van der Waals surface area (Å²) in [7, 11) is 0. The molecule has 1 heterocycles. The van der Waals surface area contributed by atoms with E-state index in [0.29, 0.717) is 25.1 Å². The molecule has 0 aliphatic rings. The average molecular weight is 1310 g/mol. The molecule has 11 amide bonds. The molecule has 0 radical (unpaired) electrons. The van der Waals surface area contributed by atoms with Crippen molar-refractivity contribution in [3.8, 4) is 0 Å². The zero-order valence-electron chi connectivity index (χ0n) is 50.1. The molecule has 0 aromatic carbocycles. The van der Waals surface area contributed by atoms with Crippen LogP contribution in [-0.4, -0.2) is 219 Å². The third-order valence-electron chi connectivity index (χ3n) is 12.9. The van der Waals surface area contributed by atoms with E-state index in [2.05, 4.69) is 85.4 Å². The normalized spacial score (nSPS) is 14.5. The number of aliphatic carboxylic acids is 2. The maximum absolute atomic E-state index is 14.3. The summed E-state index contributed by atoms with van der Waals surface area (Å²) in [6.45, 7) is 1.16. The van der Waals surface area contributed by atoms with Crippen molar-refractivity contribution in [3.05, 3.63) is 18.2 Å². The first-order valence-electron chi connectivity index (χ1n) is 28.4. The predicted molar refractivity (Wildman–Crippen MR) is 328 cm³/mol. The molecule has 0 aliphatic heterocycles. The number of aromatic amines is 1. The number of thiol groups is 1. The summed E-state index contributed by atoms with van der Waals surface area (Å²) in [5, 5.41) is 51.1. The predicted octanol–water partition coefficient (Wildman–Crippen LogP) is -11.1. The van der Waals surface area contributed by atoms with Crippen LogP contribution in [0.3, 0.4) is 0 Å². The summed E-state index contributed by atoms with van der Waals surface area (Å²) in [5.41, 5.74) is 55.2. The fraction of sp³-hybridized carbons (Fsp3) is 0.620. The van der Waals surface area contributed by atoms with E-state index >= 15 is 0 Å². The van der Waals surface area contributed by atoms with E-state index in [4.69, 9.17) is 57.3 Å². The fourth-order valence-electron chi connectivity index (χ4n) is 8.15. The number of nitrogens with one attached hydrogen (secondary N) is 10. The number of guanidine groups is 3. The summed E-state index contributed by atoms with van der Waals surface area (Å²) in [6, 6.07) is -16.8. The molecule has 11 atom stereocenters. The van der Waals surface area contributed by atoms with Gasteiger partial charge in [-0.2, -0.15) is 12.6 Å². The van der Waals surface area contributed by atoms with Gasteiger partial charge in [-0.15, -0.1) is 0 Å². The highest BCUT2D eigenvalue weighted by Crippen LogP contribution is 2.11. The number of H-pyrrole nitrogens is 1. The Bertz CT molecular complexity index is 2710. The van der Waals surface area contributed by atoms with Crippen LogP contribution in [0.2, 0.25) is 0 Å². The number of carbonyl (C=O) groups is 13. The monoisotopic (exact) mass is 1310 g/mol. The second-order valence-corrected chi connectivity index (χ2v) is 20.9. The van der Waals surface area contributed by atoms with Crippen LogP contribution >= 0.6 is 12.6 Å². The first-order chi connectivity index (χ1) is 42.8. The Kier molecular flexibility index (Phi) is 36.9. The largest absolute Gasteiger partial charge is 0.481 e. The van der Waals surface area contributed by atoms with E-state index < -0.39 is 181 Å². The lowest BCUT2D eigenvalue weighted by Crippen LogP contribution is -2.62. The summed E-state index contributed by atoms with van der Waals surface area (Å²) in [4.78, 5) is 191. The number of aliphatic hydroxyl groups is 1. The summed E-state index contributed by atoms with van der Waals surface area (Å²) in [6.07, 6.45) is -2.20. The molecule has 0 spiro atoms. The molecule has 0 fully saturated rings. The molecule has 1 aromatic heterocycles. The van der Waals surface area contributed by atoms with Crippen LogP contribution in [0, 0.1) is 0 Å². The number of aliphatic imine (C=N–C) groups is 3. The van der Waals surface area contributed by atoms with Crippen LogP contribution in [0.5, 0.6) is 0 Å². The topological polar surface area (TPSA) is 717 Å². The third-order valence-corrected chi connectivity index (χ3v) is 13.2. The van der Waals surface area contributed by atoms with Crippen molar-refractivity contribution < 1.29 is 77.6 Å². The standard InChI is InChI=1S/C50H88N24O16S/c1-23(75)37(74-44(86)30(17-24-20-61-22-65-24)70-38(80)25(52)7-2-3-13-51)46(88)73-33(21-91)45(87)67-26(8-4-14-62-48(55)56)39(81)68-28(11-12-34(53)76)41(83)66-27(9-5-15-63-49(57)58)40(82)72-32(19-36(78)79)43(85)71-31(18-35(54)77)42(84)69-29(47(89)90)10-6-16-64-50(59)60/h20,22-23,25-33,37,75,91H,2-19,21,51-52H2,1H3,(H2,53,76)(H2,54,77)(H,61,65)(H,66,83)(H,67,87)(H,68,81)(H,69,84)(H,70,80)(H,71,85)(H,72,82)(H,73,88)(H,74,86)(H,78,79)(H,89,90)(H4,55,56,62)(H4,57,58,63)(H4,59,60,64)/t23-,25+,26+,27+,28+,29+,30+,31+,32+,33+,37+/m1/s1. The van der Waals surface area contributed by atoms with Crippen LogP contribution < -0.4 is 105 Å². The first-order valence-corrected chi connectivity index (χ1v) is 29.1. The number of imidazole rings is 1. The lowest BCUT2D eigenvalue weighted by atomic mass is 10.0. The minimum Gasteiger partial charge on any atom is -0.481 e. The summed E-state index contributed by atoms with van der Waals surface area (Å²) in [5.74, 6) is -17.1. The Labute approximate surface area is 527 Å². The van der Waals surface area contributed by atoms with E-state index in [9.17, 15) is 77.6 Å². The maximum Gasteiger partial charge on any atom is 0.326 e. The number of carbonyl (C=O) groups excluding carboxylic acids is 11. The number of rotatable bonds is 46. The third kappa shape index (κ3) is 33.0. The van der Waals surface area contributed by atoms with Crippen LogP contribution in [0.4, 0.5) is 0 Å². The number of carboxylic acids is 2. The molecule has 91 heavy (non-hydrogen) atoms. The van der Waals surface area contributed by atoms with Gasteiger partial charge in [-0.1, -0.05) is 6.42 Å². The van der Waals surface area contributed by atoms with Gasteiger partial charge in [-0.25, -0.2) is 9.78 Å². The van der Waals surface area contributed by atoms with Gasteiger partial charge < -0.3 is 125 Å². The smallest absolute Gasteiger partial charge is 0.326 e. The molecule has 33 N–H and O–H groups in total. The number of primary amides is 2. The number of carboxylic acid groups (broad SMARTS) is 2. The van der Waals surface area contributed by atoms with Gasteiger partial charge in [-0.05, 0) is 71.3 Å². The van der Waals surface area contributed by atoms with Crippen LogP contribution in [-0.2, 0) is 68.7 Å². The number of hydrogen-bond donors (Lipinski definition) is 24. The lowest BCUT2D eigenvalue weighted by molar-refractivity contribution is -0.143. The number of hydrogen-bond acceptors (Lipinski definition) is 21. The number of amides is 11. The molecule has 0 unspecified atom stereocenters. The molecule has 1 rings (SSSR count). The number of aromatic nitrogens is 2. The number of nitrogens with two attached hydrogens (primary N) is 10. The van der Waals surface area contributed by atoms with Crippen molar-refractivity contribution in [2.45, 2.75) is 163 Å². The molecule has 41 heteroatoms. The SMILES string of the molecule is C[C@@H](O)[C@H](NC(=O)[C@H](Cc1cnc[nH]1)NC(=O)[C@@H](N)CCCCN)C(=O)N[C@@H](CS)C(=O)N[C@@H](CCCN=C(N)N)C(=O)N[C@@H](CCC(N)=O)C(=O)N[C@@H](CCCN=C(N)N)C(=O)N[C@@H](CC(=O)O)C(=O)N[C@@H](CC(N)=O)C(=O)N[C@@H](CCCN=C(N)N)C(=O)O. The average Bonchev–Trinajstić information content (AvgIpc) is 3.22. The Hall–Kier alpha value is -9.64. The molecule has 0 aliphatic carbocycles. The molecule has 510 valence electrons. The molecule has 0 saturated heterocycles. The van der Waals surface area contributed by atoms with Crippen molar-refractivity contribution >= 4 is 107 Å². The highest BCUT2D eigenvalue weighted by Gasteiger charge is 2.37. The zero-order valence-corrected chi connectivity index (χ0v) is 51.0. The van der Waals surface area contributed by atoms with Crippen molar-refractivity contribution in [1.29, 1.82) is 0 Å².